The van der Waals surface area contributed by atoms with Crippen molar-refractivity contribution in [3.05, 3.63) is 29.3 Å². The van der Waals surface area contributed by atoms with Gasteiger partial charge in [0.05, 0.1) is 10.8 Å². The maximum Gasteiger partial charge on any atom is 0.306 e. The zero-order valence-electron chi connectivity index (χ0n) is 13.1. The summed E-state index contributed by atoms with van der Waals surface area (Å²) in [6, 6.07) is 5.31. The van der Waals surface area contributed by atoms with E-state index >= 15 is 0 Å². The number of rotatable bonds is 5. The highest BCUT2D eigenvalue weighted by Gasteiger charge is 2.32. The molecule has 6 heteroatoms. The molecular formula is C16H23NO4S. The lowest BCUT2D eigenvalue weighted by atomic mass is 9.99. The highest BCUT2D eigenvalue weighted by atomic mass is 32.2. The number of benzene rings is 1. The maximum atomic E-state index is 12.7. The molecule has 1 heterocycles. The van der Waals surface area contributed by atoms with Gasteiger partial charge in [0.2, 0.25) is 10.0 Å². The number of sulfonamides is 1. The van der Waals surface area contributed by atoms with E-state index < -0.39 is 21.9 Å². The summed E-state index contributed by atoms with van der Waals surface area (Å²) in [4.78, 5) is 11.3. The third kappa shape index (κ3) is 3.33. The van der Waals surface area contributed by atoms with Crippen LogP contribution in [0.5, 0.6) is 0 Å². The summed E-state index contributed by atoms with van der Waals surface area (Å²) in [6.07, 6.45) is 2.44. The minimum atomic E-state index is -3.53. The van der Waals surface area contributed by atoms with Gasteiger partial charge in [-0.25, -0.2) is 8.42 Å². The predicted octanol–water partition coefficient (Wildman–Crippen LogP) is 2.30. The van der Waals surface area contributed by atoms with Gasteiger partial charge in [-0.15, -0.1) is 0 Å². The van der Waals surface area contributed by atoms with E-state index in [-0.39, 0.29) is 13.1 Å². The van der Waals surface area contributed by atoms with Gasteiger partial charge in [-0.05, 0) is 48.9 Å². The summed E-state index contributed by atoms with van der Waals surface area (Å²) in [5.41, 5.74) is 2.23. The standard InChI is InChI=1S/C16H23NO4S/c1-3-12-5-6-15(11-13(12)4-2)22(20,21)17-9-7-14(8-10-17)16(18)19/h5-6,11,14H,3-4,7-10H2,1-2H3,(H,18,19). The first kappa shape index (κ1) is 17.0. The van der Waals surface area contributed by atoms with Gasteiger partial charge in [-0.2, -0.15) is 4.31 Å². The van der Waals surface area contributed by atoms with Crippen molar-refractivity contribution in [3.8, 4) is 0 Å². The van der Waals surface area contributed by atoms with Crippen molar-refractivity contribution in [1.29, 1.82) is 0 Å². The molecule has 0 saturated carbocycles. The number of nitrogens with zero attached hydrogens (tertiary/aromatic N) is 1. The molecule has 1 fully saturated rings. The second-order valence-corrected chi connectivity index (χ2v) is 7.59. The first-order valence-corrected chi connectivity index (χ1v) is 9.18. The lowest BCUT2D eigenvalue weighted by Gasteiger charge is -2.29. The number of aliphatic carboxylic acids is 1. The van der Waals surface area contributed by atoms with Crippen LogP contribution in [0.2, 0.25) is 0 Å². The van der Waals surface area contributed by atoms with Gasteiger partial charge >= 0.3 is 5.97 Å². The van der Waals surface area contributed by atoms with E-state index in [1.54, 1.807) is 12.1 Å². The zero-order chi connectivity index (χ0) is 16.3. The van der Waals surface area contributed by atoms with E-state index in [4.69, 9.17) is 5.11 Å². The molecule has 1 aromatic rings. The van der Waals surface area contributed by atoms with Crippen molar-refractivity contribution in [2.45, 2.75) is 44.4 Å². The SMILES string of the molecule is CCc1ccc(S(=O)(=O)N2CCC(C(=O)O)CC2)cc1CC. The number of piperidine rings is 1. The van der Waals surface area contributed by atoms with Crippen LogP contribution in [0.1, 0.15) is 37.8 Å². The second kappa shape index (κ2) is 6.79. The van der Waals surface area contributed by atoms with Gasteiger partial charge in [0, 0.05) is 13.1 Å². The lowest BCUT2D eigenvalue weighted by Crippen LogP contribution is -2.40. The summed E-state index contributed by atoms with van der Waals surface area (Å²) in [5, 5.41) is 9.00. The molecule has 0 amide bonds. The van der Waals surface area contributed by atoms with E-state index in [0.717, 1.165) is 18.4 Å². The average Bonchev–Trinajstić information content (AvgIpc) is 2.54. The summed E-state index contributed by atoms with van der Waals surface area (Å²) in [5.74, 6) is -1.27. The van der Waals surface area contributed by atoms with Crippen LogP contribution in [0.3, 0.4) is 0 Å². The molecule has 0 atom stereocenters. The molecule has 1 N–H and O–H groups in total. The van der Waals surface area contributed by atoms with Gasteiger partial charge in [0.15, 0.2) is 0 Å². The Bertz CT molecular complexity index is 646. The number of carboxylic acid groups (broad SMARTS) is 1. The fourth-order valence-corrected chi connectivity index (χ4v) is 4.45. The van der Waals surface area contributed by atoms with Crippen LogP contribution in [-0.4, -0.2) is 36.9 Å². The van der Waals surface area contributed by atoms with Crippen molar-refractivity contribution in [1.82, 2.24) is 4.31 Å². The van der Waals surface area contributed by atoms with Crippen LogP contribution in [0, 0.1) is 5.92 Å². The molecule has 1 saturated heterocycles. The summed E-state index contributed by atoms with van der Waals surface area (Å²) in [7, 11) is -3.53. The number of hydrogen-bond acceptors (Lipinski definition) is 3. The Labute approximate surface area is 132 Å². The van der Waals surface area contributed by atoms with Gasteiger partial charge in [-0.1, -0.05) is 19.9 Å². The molecule has 0 spiro atoms. The number of aryl methyl sites for hydroxylation is 2. The molecule has 5 nitrogen and oxygen atoms in total. The van der Waals surface area contributed by atoms with Crippen LogP contribution in [0.25, 0.3) is 0 Å². The molecular weight excluding hydrogens is 302 g/mol. The fourth-order valence-electron chi connectivity index (χ4n) is 2.93. The average molecular weight is 325 g/mol. The van der Waals surface area contributed by atoms with Crippen molar-refractivity contribution in [2.75, 3.05) is 13.1 Å². The monoisotopic (exact) mass is 325 g/mol. The molecule has 0 bridgehead atoms. The lowest BCUT2D eigenvalue weighted by molar-refractivity contribution is -0.142. The van der Waals surface area contributed by atoms with Crippen molar-refractivity contribution in [3.63, 3.8) is 0 Å². The third-order valence-electron chi connectivity index (χ3n) is 4.38. The molecule has 22 heavy (non-hydrogen) atoms. The molecule has 0 unspecified atom stereocenters. The Morgan fingerprint density at radius 2 is 1.77 bits per heavy atom. The molecule has 122 valence electrons. The molecule has 0 aromatic heterocycles. The first-order valence-electron chi connectivity index (χ1n) is 7.74. The zero-order valence-corrected chi connectivity index (χ0v) is 13.9. The molecule has 1 aromatic carbocycles. The van der Waals surface area contributed by atoms with E-state index in [9.17, 15) is 13.2 Å². The van der Waals surface area contributed by atoms with Crippen molar-refractivity contribution >= 4 is 16.0 Å². The number of carbonyl (C=O) groups is 1. The summed E-state index contributed by atoms with van der Waals surface area (Å²) >= 11 is 0. The predicted molar refractivity (Wildman–Crippen MR) is 84.3 cm³/mol. The summed E-state index contributed by atoms with van der Waals surface area (Å²) in [6.45, 7) is 4.62. The number of carboxylic acids is 1. The van der Waals surface area contributed by atoms with Crippen molar-refractivity contribution in [2.24, 2.45) is 5.92 Å². The van der Waals surface area contributed by atoms with Gasteiger partial charge in [0.25, 0.3) is 0 Å². The van der Waals surface area contributed by atoms with Gasteiger partial charge in [0.1, 0.15) is 0 Å². The minimum Gasteiger partial charge on any atom is -0.481 e. The highest BCUT2D eigenvalue weighted by Crippen LogP contribution is 2.25. The topological polar surface area (TPSA) is 74.7 Å². The molecule has 2 rings (SSSR count). The molecule has 0 aliphatic carbocycles. The van der Waals surface area contributed by atoms with Crippen LogP contribution in [0.4, 0.5) is 0 Å². The van der Waals surface area contributed by atoms with E-state index in [1.807, 2.05) is 13.0 Å². The van der Waals surface area contributed by atoms with E-state index in [2.05, 4.69) is 6.92 Å². The van der Waals surface area contributed by atoms with Gasteiger partial charge < -0.3 is 5.11 Å². The second-order valence-electron chi connectivity index (χ2n) is 5.65. The quantitative estimate of drug-likeness (QED) is 0.901. The highest BCUT2D eigenvalue weighted by molar-refractivity contribution is 7.89. The third-order valence-corrected chi connectivity index (χ3v) is 6.28. The largest absolute Gasteiger partial charge is 0.481 e. The maximum absolute atomic E-state index is 12.7. The molecule has 0 radical (unpaired) electrons. The van der Waals surface area contributed by atoms with Crippen molar-refractivity contribution < 1.29 is 18.3 Å². The summed E-state index contributed by atoms with van der Waals surface area (Å²) < 4.78 is 26.8. The Hall–Kier alpha value is -1.40. The minimum absolute atomic E-state index is 0.274. The smallest absolute Gasteiger partial charge is 0.306 e. The van der Waals surface area contributed by atoms with Crippen LogP contribution in [0.15, 0.2) is 23.1 Å². The van der Waals surface area contributed by atoms with Crippen LogP contribution < -0.4 is 0 Å². The van der Waals surface area contributed by atoms with Crippen LogP contribution >= 0.6 is 0 Å². The van der Waals surface area contributed by atoms with Crippen LogP contribution in [-0.2, 0) is 27.7 Å². The molecule has 1 aliphatic rings. The van der Waals surface area contributed by atoms with Gasteiger partial charge in [-0.3, -0.25) is 4.79 Å². The van der Waals surface area contributed by atoms with E-state index in [0.29, 0.717) is 17.7 Å². The Morgan fingerprint density at radius 1 is 1.18 bits per heavy atom. The Kier molecular flexibility index (Phi) is 5.24. The Morgan fingerprint density at radius 3 is 2.27 bits per heavy atom. The number of hydrogen-bond donors (Lipinski definition) is 1. The first-order chi connectivity index (χ1) is 10.4. The normalized spacial score (nSPS) is 17.5. The Balaban J connectivity index is 2.22. The molecule has 1 aliphatic heterocycles. The fraction of sp³-hybridized carbons (Fsp3) is 0.562. The van der Waals surface area contributed by atoms with E-state index in [1.165, 1.54) is 9.87 Å².